The molecule has 1 amide bonds. The maximum Gasteiger partial charge on any atom is 1.00 e. The van der Waals surface area contributed by atoms with Crippen molar-refractivity contribution >= 4 is 115 Å². The Labute approximate surface area is 489 Å². The summed E-state index contributed by atoms with van der Waals surface area (Å²) in [6.07, 6.45) is 0. The zero-order valence-electron chi connectivity index (χ0n) is 35.9. The summed E-state index contributed by atoms with van der Waals surface area (Å²) < 4.78 is 137. The molecule has 0 bridgehead atoms. The van der Waals surface area contributed by atoms with Gasteiger partial charge in [-0.25, -0.2) is 33.7 Å². The summed E-state index contributed by atoms with van der Waals surface area (Å²) >= 11 is 0.304. The largest absolute Gasteiger partial charge is 1.00 e. The maximum absolute atomic E-state index is 13.2. The zero-order valence-corrected chi connectivity index (χ0v) is 48.8. The number of anilines is 2. The average molecular weight is 1110 g/mol. The number of hydrogen-bond donors (Lipinski definition) is 3. The molecule has 0 unspecified atom stereocenters. The summed E-state index contributed by atoms with van der Waals surface area (Å²) in [6, 6.07) is 16.7. The number of benzene rings is 5. The van der Waals surface area contributed by atoms with Crippen LogP contribution in [0, 0.1) is 0 Å². The van der Waals surface area contributed by atoms with Gasteiger partial charge in [-0.1, -0.05) is 12.1 Å². The van der Waals surface area contributed by atoms with E-state index in [1.807, 2.05) is 0 Å². The van der Waals surface area contributed by atoms with E-state index in [2.05, 4.69) is 48.7 Å². The van der Waals surface area contributed by atoms with Gasteiger partial charge in [-0.15, -0.1) is 14.6 Å². The minimum absolute atomic E-state index is 0. The average Bonchev–Trinajstić information content (AvgIpc) is 3.24. The molecule has 0 fully saturated rings. The number of hydrogen-bond acceptors (Lipinski definition) is 27. The van der Waals surface area contributed by atoms with Gasteiger partial charge < -0.3 is 35.8 Å². The van der Waals surface area contributed by atoms with Crippen LogP contribution < -0.4 is 140 Å². The van der Waals surface area contributed by atoms with E-state index in [-0.39, 0.29) is 197 Å². The molecule has 0 radical (unpaired) electrons. The van der Waals surface area contributed by atoms with Crippen LogP contribution in [0.3, 0.4) is 0 Å². The van der Waals surface area contributed by atoms with Crippen LogP contribution in [0.25, 0.3) is 10.8 Å². The van der Waals surface area contributed by atoms with Gasteiger partial charge in [0.15, 0.2) is 37.7 Å². The summed E-state index contributed by atoms with van der Waals surface area (Å²) in [6.45, 7) is -1.32. The quantitative estimate of drug-likeness (QED) is 0.00667. The van der Waals surface area contributed by atoms with Crippen LogP contribution in [0.2, 0.25) is 0 Å². The first kappa shape index (κ1) is 65.7. The number of nitrogens with zero attached hydrogens (tertiary/aromatic N) is 4. The van der Waals surface area contributed by atoms with Crippen LogP contribution in [-0.4, -0.2) is 78.5 Å². The normalized spacial score (nSPS) is 11.9. The SMILES string of the molecule is Nc1c(N=Nc2cccc(C(=O)Nc3cccc(S(=O)(=O)CCOSOO[O-])c3)c2)c(S(=O)(=O)[O-])cc2cc(SOO[O-])c(N=Nc3ccc(S(=O)(=O)CCOS(=O)(=O)[O-])cc3)c(O)c12.[Na+].[Na+].[Na+].[Na+]. The summed E-state index contributed by atoms with van der Waals surface area (Å²) in [4.78, 5) is 11.4. The molecule has 0 heterocycles. The zero-order chi connectivity index (χ0) is 47.6. The molecule has 4 N–H and O–H groups in total. The van der Waals surface area contributed by atoms with Crippen molar-refractivity contribution in [2.45, 2.75) is 19.6 Å². The van der Waals surface area contributed by atoms with Gasteiger partial charge in [0.2, 0.25) is 10.4 Å². The second-order valence-electron chi connectivity index (χ2n) is 12.3. The Morgan fingerprint density at radius 2 is 1.30 bits per heavy atom. The van der Waals surface area contributed by atoms with Crippen molar-refractivity contribution in [3.8, 4) is 5.75 Å². The Hall–Kier alpha value is -1.27. The number of nitrogen functional groups attached to an aromatic ring is 1. The molecule has 36 heteroatoms. The monoisotopic (exact) mass is 1110 g/mol. The Balaban J connectivity index is 0.00000595. The van der Waals surface area contributed by atoms with Crippen molar-refractivity contribution < 1.29 is 209 Å². The molecule has 0 aliphatic rings. The molecule has 0 saturated heterocycles. The third-order valence-electron chi connectivity index (χ3n) is 8.14. The van der Waals surface area contributed by atoms with Gasteiger partial charge in [0, 0.05) is 11.3 Å². The fourth-order valence-electron chi connectivity index (χ4n) is 5.32. The number of carbonyl (C=O) groups is 1. The first-order valence-electron chi connectivity index (χ1n) is 17.1. The summed E-state index contributed by atoms with van der Waals surface area (Å²) in [5, 5.41) is 56.1. The van der Waals surface area contributed by atoms with E-state index in [4.69, 9.17) is 9.92 Å². The number of amides is 1. The van der Waals surface area contributed by atoms with Gasteiger partial charge in [0.05, 0.1) is 78.8 Å². The van der Waals surface area contributed by atoms with Gasteiger partial charge >= 0.3 is 118 Å². The first-order valence-corrected chi connectivity index (χ1v) is 24.6. The molecule has 69 heavy (non-hydrogen) atoms. The topological polar surface area (TPSA) is 409 Å². The Bertz CT molecular complexity index is 3110. The first-order chi connectivity index (χ1) is 30.6. The van der Waals surface area contributed by atoms with Gasteiger partial charge in [-0.2, -0.15) is 14.6 Å². The third-order valence-corrected chi connectivity index (χ3v) is 13.8. The van der Waals surface area contributed by atoms with Crippen molar-refractivity contribution in [3.05, 3.63) is 90.5 Å². The van der Waals surface area contributed by atoms with Crippen molar-refractivity contribution in [3.63, 3.8) is 0 Å². The van der Waals surface area contributed by atoms with Crippen molar-refractivity contribution in [1.29, 1.82) is 0 Å². The van der Waals surface area contributed by atoms with E-state index in [9.17, 15) is 63.2 Å². The number of nitrogens with one attached hydrogen (secondary N) is 1. The smallest absolute Gasteiger partial charge is 0.744 e. The number of phenols is 1. The maximum atomic E-state index is 13.2. The van der Waals surface area contributed by atoms with Crippen LogP contribution in [0.1, 0.15) is 10.4 Å². The van der Waals surface area contributed by atoms with Crippen LogP contribution >= 0.6 is 24.4 Å². The van der Waals surface area contributed by atoms with Crippen molar-refractivity contribution in [2.75, 3.05) is 35.8 Å². The predicted octanol–water partition coefficient (Wildman–Crippen LogP) is -8.81. The molecule has 0 saturated carbocycles. The van der Waals surface area contributed by atoms with Crippen LogP contribution in [0.15, 0.2) is 125 Å². The summed E-state index contributed by atoms with van der Waals surface area (Å²) in [5.41, 5.74) is 4.34. The summed E-state index contributed by atoms with van der Waals surface area (Å²) in [7, 11) is -18.6. The molecule has 5 aromatic carbocycles. The second-order valence-corrected chi connectivity index (χ2v) is 20.2. The Kier molecular flexibility index (Phi) is 28.2. The van der Waals surface area contributed by atoms with Crippen LogP contribution in [0.4, 0.5) is 34.1 Å². The van der Waals surface area contributed by atoms with Crippen molar-refractivity contribution in [1.82, 2.24) is 0 Å². The number of nitrogens with two attached hydrogens (primary N) is 1. The molecule has 0 spiro atoms. The Morgan fingerprint density at radius 3 is 1.94 bits per heavy atom. The van der Waals surface area contributed by atoms with E-state index in [1.54, 1.807) is 0 Å². The number of rotatable bonds is 22. The van der Waals surface area contributed by atoms with E-state index in [0.717, 1.165) is 36.4 Å². The van der Waals surface area contributed by atoms with Crippen molar-refractivity contribution in [2.24, 2.45) is 20.5 Å². The predicted molar refractivity (Wildman–Crippen MR) is 217 cm³/mol. The number of phenolic OH excluding ortho intramolecular Hbond substituents is 1. The van der Waals surface area contributed by atoms with Crippen LogP contribution in [-0.2, 0) is 67.3 Å². The van der Waals surface area contributed by atoms with Gasteiger partial charge in [0.25, 0.3) is 5.91 Å². The number of sulfone groups is 2. The summed E-state index contributed by atoms with van der Waals surface area (Å²) in [5.74, 6) is -2.98. The third kappa shape index (κ3) is 19.2. The minimum atomic E-state index is -5.40. The fourth-order valence-corrected chi connectivity index (χ4v) is 9.40. The second kappa shape index (κ2) is 29.6. The number of aromatic hydroxyl groups is 1. The number of azo groups is 2. The number of fused-ring (bicyclic) bond motifs is 1. The molecule has 5 rings (SSSR count). The molecule has 0 aliphatic heterocycles. The fraction of sp³-hybridized carbons (Fsp3) is 0.121. The molecule has 0 aliphatic carbocycles. The van der Waals surface area contributed by atoms with Gasteiger partial charge in [0.1, 0.15) is 21.5 Å². The molecule has 26 nitrogen and oxygen atoms in total. The molecule has 5 aromatic rings. The number of carbonyl (C=O) groups excluding carboxylic acids is 1. The minimum Gasteiger partial charge on any atom is -0.744 e. The van der Waals surface area contributed by atoms with E-state index >= 15 is 0 Å². The molecule has 0 atom stereocenters. The Morgan fingerprint density at radius 1 is 0.696 bits per heavy atom. The molecule has 348 valence electrons. The molecular weight excluding hydrogens is 1080 g/mol. The van der Waals surface area contributed by atoms with E-state index < -0.39 is 91.9 Å². The van der Waals surface area contributed by atoms with Gasteiger partial charge in [-0.05, 0) is 78.2 Å². The van der Waals surface area contributed by atoms with Crippen LogP contribution in [0.5, 0.6) is 5.75 Å². The molecule has 0 aromatic heterocycles. The van der Waals surface area contributed by atoms with Gasteiger partial charge in [-0.3, -0.25) is 23.2 Å². The molecular formula is C33H26N6Na4O20S6. The van der Waals surface area contributed by atoms with E-state index in [0.29, 0.717) is 0 Å². The van der Waals surface area contributed by atoms with E-state index in [1.165, 1.54) is 48.5 Å². The standard InChI is InChI=1S/C33H30N6O20S6.4Na/c34-29-28-20(16-26(60-58-56-42)30(32(28)40)38-36-21-7-9-24(10-8-21)62(44,45)14-12-55-65(51,52)53)17-27(64(48,49)50)31(29)39-37-23-5-1-3-19(15-23)33(41)35-22-4-2-6-25(18-22)63(46,47)13-11-54-61-59-57-43;;;;/h1-10,15-18,40,42-43H,11-14,34H2,(H,35,41)(H,48,49,50)(H,51,52,53);;;;/q;4*+1/p-4.